The van der Waals surface area contributed by atoms with Crippen LogP contribution in [0, 0.1) is 11.3 Å². The van der Waals surface area contributed by atoms with Gasteiger partial charge in [0.05, 0.1) is 0 Å². The fraction of sp³-hybridized carbons (Fsp3) is 1.00. The van der Waals surface area contributed by atoms with Crippen molar-refractivity contribution >= 4 is 0 Å². The van der Waals surface area contributed by atoms with E-state index in [9.17, 15) is 0 Å². The number of nitrogens with one attached hydrogen (secondary N) is 1. The fourth-order valence-corrected chi connectivity index (χ4v) is 3.70. The smallest absolute Gasteiger partial charge is 0.0249 e. The zero-order valence-electron chi connectivity index (χ0n) is 14.8. The van der Waals surface area contributed by atoms with E-state index in [0.29, 0.717) is 11.5 Å². The lowest BCUT2D eigenvalue weighted by Gasteiger charge is -2.45. The van der Waals surface area contributed by atoms with Gasteiger partial charge in [-0.25, -0.2) is 0 Å². The maximum atomic E-state index is 3.74. The monoisotopic (exact) mass is 282 g/mol. The van der Waals surface area contributed by atoms with Gasteiger partial charge in [-0.1, -0.05) is 47.5 Å². The molecule has 1 aliphatic rings. The van der Waals surface area contributed by atoms with Crippen LogP contribution in [0.5, 0.6) is 0 Å². The largest absolute Gasteiger partial charge is 0.313 e. The molecule has 20 heavy (non-hydrogen) atoms. The Kier molecular flexibility index (Phi) is 7.53. The minimum atomic E-state index is 0.458. The van der Waals surface area contributed by atoms with Crippen molar-refractivity contribution in [2.24, 2.45) is 11.3 Å². The Morgan fingerprint density at radius 3 is 2.35 bits per heavy atom. The van der Waals surface area contributed by atoms with E-state index in [-0.39, 0.29) is 0 Å². The molecular weight excluding hydrogens is 244 g/mol. The number of hydrogen-bond acceptors (Lipinski definition) is 2. The molecule has 1 N–H and O–H groups in total. The molecule has 0 saturated heterocycles. The standard InChI is InChI=1S/C18H38N2/c1-7-9-10-13-20(6)17-14-15(18(3,4)5)11-12-16(17)19-8-2/h15-17,19H,7-14H2,1-6H3. The van der Waals surface area contributed by atoms with E-state index < -0.39 is 0 Å². The van der Waals surface area contributed by atoms with Gasteiger partial charge in [0, 0.05) is 12.1 Å². The molecule has 0 spiro atoms. The molecule has 3 unspecified atom stereocenters. The molecule has 2 heteroatoms. The quantitative estimate of drug-likeness (QED) is 0.700. The van der Waals surface area contributed by atoms with Gasteiger partial charge in [0.1, 0.15) is 0 Å². The van der Waals surface area contributed by atoms with Gasteiger partial charge in [0.15, 0.2) is 0 Å². The Morgan fingerprint density at radius 1 is 1.10 bits per heavy atom. The maximum Gasteiger partial charge on any atom is 0.0249 e. The Balaban J connectivity index is 2.62. The molecule has 0 aromatic rings. The van der Waals surface area contributed by atoms with E-state index >= 15 is 0 Å². The fourth-order valence-electron chi connectivity index (χ4n) is 3.70. The Bertz CT molecular complexity index is 257. The second-order valence-electron chi connectivity index (χ2n) is 7.80. The number of likely N-dealkylation sites (N-methyl/N-ethyl adjacent to an activating group) is 2. The third-order valence-corrected chi connectivity index (χ3v) is 5.19. The Labute approximate surface area is 127 Å². The van der Waals surface area contributed by atoms with Crippen molar-refractivity contribution in [3.63, 3.8) is 0 Å². The molecule has 0 radical (unpaired) electrons. The van der Waals surface area contributed by atoms with Crippen LogP contribution in [0.1, 0.15) is 73.1 Å². The van der Waals surface area contributed by atoms with Crippen molar-refractivity contribution in [3.05, 3.63) is 0 Å². The summed E-state index contributed by atoms with van der Waals surface area (Å²) in [6.07, 6.45) is 8.14. The van der Waals surface area contributed by atoms with E-state index in [4.69, 9.17) is 0 Å². The van der Waals surface area contributed by atoms with Crippen molar-refractivity contribution in [3.8, 4) is 0 Å². The third-order valence-electron chi connectivity index (χ3n) is 5.19. The molecule has 1 aliphatic carbocycles. The Morgan fingerprint density at radius 2 is 1.80 bits per heavy atom. The normalized spacial score (nSPS) is 28.1. The predicted octanol–water partition coefficient (Wildman–Crippen LogP) is 4.30. The summed E-state index contributed by atoms with van der Waals surface area (Å²) < 4.78 is 0. The van der Waals surface area contributed by atoms with Gasteiger partial charge >= 0.3 is 0 Å². The van der Waals surface area contributed by atoms with Crippen molar-refractivity contribution in [2.75, 3.05) is 20.1 Å². The minimum Gasteiger partial charge on any atom is -0.313 e. The van der Waals surface area contributed by atoms with Crippen LogP contribution in [0.2, 0.25) is 0 Å². The SMILES string of the molecule is CCCCCN(C)C1CC(C(C)(C)C)CCC1NCC. The Hall–Kier alpha value is -0.0800. The summed E-state index contributed by atoms with van der Waals surface area (Å²) in [7, 11) is 2.34. The topological polar surface area (TPSA) is 15.3 Å². The van der Waals surface area contributed by atoms with E-state index in [1.54, 1.807) is 0 Å². The zero-order chi connectivity index (χ0) is 15.2. The summed E-state index contributed by atoms with van der Waals surface area (Å²) in [5, 5.41) is 3.74. The van der Waals surface area contributed by atoms with Crippen LogP contribution in [0.25, 0.3) is 0 Å². The third kappa shape index (κ3) is 5.37. The van der Waals surface area contributed by atoms with Crippen molar-refractivity contribution in [2.45, 2.75) is 85.2 Å². The van der Waals surface area contributed by atoms with Crippen molar-refractivity contribution in [1.29, 1.82) is 0 Å². The van der Waals surface area contributed by atoms with Crippen LogP contribution < -0.4 is 5.32 Å². The molecular formula is C18H38N2. The van der Waals surface area contributed by atoms with E-state index in [0.717, 1.165) is 18.5 Å². The first kappa shape index (κ1) is 18.0. The highest BCUT2D eigenvalue weighted by atomic mass is 15.2. The number of rotatable bonds is 7. The van der Waals surface area contributed by atoms with Crippen LogP contribution in [0.4, 0.5) is 0 Å². The van der Waals surface area contributed by atoms with Gasteiger partial charge in [0.25, 0.3) is 0 Å². The average molecular weight is 283 g/mol. The minimum absolute atomic E-state index is 0.458. The zero-order valence-corrected chi connectivity index (χ0v) is 14.8. The summed E-state index contributed by atoms with van der Waals surface area (Å²) in [6, 6.07) is 1.43. The lowest BCUT2D eigenvalue weighted by atomic mass is 9.69. The second kappa shape index (κ2) is 8.38. The molecule has 0 aliphatic heterocycles. The van der Waals surface area contributed by atoms with Crippen LogP contribution >= 0.6 is 0 Å². The molecule has 1 rings (SSSR count). The average Bonchev–Trinajstić information content (AvgIpc) is 2.38. The summed E-state index contributed by atoms with van der Waals surface area (Å²) in [4.78, 5) is 2.64. The van der Waals surface area contributed by atoms with Gasteiger partial charge in [-0.05, 0) is 57.2 Å². The first-order valence-corrected chi connectivity index (χ1v) is 8.83. The van der Waals surface area contributed by atoms with Crippen LogP contribution in [0.3, 0.4) is 0 Å². The van der Waals surface area contributed by atoms with Crippen LogP contribution in [0.15, 0.2) is 0 Å². The molecule has 1 fully saturated rings. The molecule has 0 aromatic heterocycles. The van der Waals surface area contributed by atoms with Gasteiger partial charge in [0.2, 0.25) is 0 Å². The van der Waals surface area contributed by atoms with Crippen molar-refractivity contribution < 1.29 is 0 Å². The molecule has 1 saturated carbocycles. The molecule has 0 heterocycles. The molecule has 3 atom stereocenters. The first-order chi connectivity index (χ1) is 9.40. The number of hydrogen-bond donors (Lipinski definition) is 1. The summed E-state index contributed by atoms with van der Waals surface area (Å²) in [5.74, 6) is 0.871. The van der Waals surface area contributed by atoms with Gasteiger partial charge in [-0.15, -0.1) is 0 Å². The van der Waals surface area contributed by atoms with Gasteiger partial charge < -0.3 is 10.2 Å². The molecule has 0 bridgehead atoms. The lowest BCUT2D eigenvalue weighted by Crippen LogP contribution is -2.53. The van der Waals surface area contributed by atoms with E-state index in [1.807, 2.05) is 0 Å². The van der Waals surface area contributed by atoms with Crippen LogP contribution in [-0.2, 0) is 0 Å². The highest BCUT2D eigenvalue weighted by Crippen LogP contribution is 2.39. The highest BCUT2D eigenvalue weighted by Gasteiger charge is 2.37. The predicted molar refractivity (Wildman–Crippen MR) is 90.2 cm³/mol. The number of unbranched alkanes of at least 4 members (excludes halogenated alkanes) is 2. The highest BCUT2D eigenvalue weighted by molar-refractivity contribution is 4.93. The van der Waals surface area contributed by atoms with Crippen LogP contribution in [-0.4, -0.2) is 37.1 Å². The van der Waals surface area contributed by atoms with Gasteiger partial charge in [-0.3, -0.25) is 0 Å². The number of nitrogens with zero attached hydrogens (tertiary/aromatic N) is 1. The van der Waals surface area contributed by atoms with Gasteiger partial charge in [-0.2, -0.15) is 0 Å². The molecule has 2 nitrogen and oxygen atoms in total. The summed E-state index contributed by atoms with van der Waals surface area (Å²) in [5.41, 5.74) is 0.458. The molecule has 0 amide bonds. The second-order valence-corrected chi connectivity index (χ2v) is 7.80. The molecule has 120 valence electrons. The van der Waals surface area contributed by atoms with E-state index in [1.165, 1.54) is 45.1 Å². The first-order valence-electron chi connectivity index (χ1n) is 8.83. The van der Waals surface area contributed by atoms with E-state index in [2.05, 4.69) is 51.9 Å². The maximum absolute atomic E-state index is 3.74. The summed E-state index contributed by atoms with van der Waals surface area (Å²) in [6.45, 7) is 14.1. The lowest BCUT2D eigenvalue weighted by molar-refractivity contribution is 0.0720. The summed E-state index contributed by atoms with van der Waals surface area (Å²) >= 11 is 0. The van der Waals surface area contributed by atoms with Crippen molar-refractivity contribution in [1.82, 2.24) is 10.2 Å². The molecule has 0 aromatic carbocycles.